The van der Waals surface area contributed by atoms with Crippen LogP contribution in [-0.2, 0) is 5.54 Å². The molecule has 1 aliphatic rings. The summed E-state index contributed by atoms with van der Waals surface area (Å²) in [5.74, 6) is 1.62. The Bertz CT molecular complexity index is 467. The Hall–Kier alpha value is -0.930. The molecule has 1 aromatic carbocycles. The molecular weight excluding hydrogens is 250 g/mol. The summed E-state index contributed by atoms with van der Waals surface area (Å²) in [5, 5.41) is 0.561. The van der Waals surface area contributed by atoms with Crippen LogP contribution in [0.1, 0.15) is 43.7 Å². The van der Waals surface area contributed by atoms with Crippen molar-refractivity contribution in [3.63, 3.8) is 0 Å². The van der Waals surface area contributed by atoms with E-state index < -0.39 is 0 Å². The van der Waals surface area contributed by atoms with Gasteiger partial charge in [-0.2, -0.15) is 0 Å². The molecular formula is C14H20ClNO2. The number of halogens is 1. The maximum atomic E-state index is 6.34. The van der Waals surface area contributed by atoms with Gasteiger partial charge in [0, 0.05) is 11.1 Å². The van der Waals surface area contributed by atoms with Crippen molar-refractivity contribution in [2.75, 3.05) is 14.2 Å². The highest BCUT2D eigenvalue weighted by Crippen LogP contribution is 2.52. The van der Waals surface area contributed by atoms with Crippen LogP contribution in [0.4, 0.5) is 0 Å². The predicted octanol–water partition coefficient (Wildman–Crippen LogP) is 3.43. The van der Waals surface area contributed by atoms with Gasteiger partial charge in [0.2, 0.25) is 0 Å². The molecule has 0 unspecified atom stereocenters. The van der Waals surface area contributed by atoms with Crippen LogP contribution in [0.5, 0.6) is 11.5 Å². The molecule has 1 aromatic rings. The summed E-state index contributed by atoms with van der Waals surface area (Å²) in [5.41, 5.74) is 8.31. The molecule has 1 saturated carbocycles. The highest BCUT2D eigenvalue weighted by Gasteiger charge is 2.43. The second kappa shape index (κ2) is 4.63. The first-order valence-electron chi connectivity index (χ1n) is 6.18. The van der Waals surface area contributed by atoms with Gasteiger partial charge in [-0.05, 0) is 30.4 Å². The van der Waals surface area contributed by atoms with Crippen molar-refractivity contribution in [1.29, 1.82) is 0 Å². The summed E-state index contributed by atoms with van der Waals surface area (Å²) in [6.45, 7) is 4.25. The fourth-order valence-corrected chi connectivity index (χ4v) is 2.68. The summed E-state index contributed by atoms with van der Waals surface area (Å²) < 4.78 is 10.9. The third kappa shape index (κ3) is 2.06. The lowest BCUT2D eigenvalue weighted by Crippen LogP contribution is -2.22. The first kappa shape index (κ1) is 13.5. The van der Waals surface area contributed by atoms with Gasteiger partial charge in [0.05, 0.1) is 19.2 Å². The van der Waals surface area contributed by atoms with Gasteiger partial charge < -0.3 is 15.2 Å². The lowest BCUT2D eigenvalue weighted by molar-refractivity contribution is 0.349. The van der Waals surface area contributed by atoms with Gasteiger partial charge in [-0.1, -0.05) is 25.4 Å². The smallest absolute Gasteiger partial charge is 0.179 e. The molecule has 1 aliphatic carbocycles. The normalized spacial score (nSPS) is 16.8. The number of benzene rings is 1. The number of ether oxygens (including phenoxy) is 2. The van der Waals surface area contributed by atoms with Crippen LogP contribution >= 0.6 is 11.6 Å². The zero-order chi connectivity index (χ0) is 13.5. The number of rotatable bonds is 4. The number of methoxy groups -OCH3 is 2. The van der Waals surface area contributed by atoms with E-state index in [0.717, 1.165) is 24.0 Å². The highest BCUT2D eigenvalue weighted by molar-refractivity contribution is 6.32. The van der Waals surface area contributed by atoms with Crippen LogP contribution in [0.2, 0.25) is 5.02 Å². The summed E-state index contributed by atoms with van der Waals surface area (Å²) in [4.78, 5) is 0. The molecule has 0 spiro atoms. The van der Waals surface area contributed by atoms with Gasteiger partial charge >= 0.3 is 0 Å². The lowest BCUT2D eigenvalue weighted by atomic mass is 9.90. The second-order valence-corrected chi connectivity index (χ2v) is 5.60. The van der Waals surface area contributed by atoms with Gasteiger partial charge in [0.1, 0.15) is 0 Å². The van der Waals surface area contributed by atoms with Gasteiger partial charge in [0.25, 0.3) is 0 Å². The average Bonchev–Trinajstić information content (AvgIpc) is 3.06. The Morgan fingerprint density at radius 1 is 1.22 bits per heavy atom. The fraction of sp³-hybridized carbons (Fsp3) is 0.571. The van der Waals surface area contributed by atoms with Crippen LogP contribution in [-0.4, -0.2) is 14.2 Å². The zero-order valence-corrected chi connectivity index (χ0v) is 12.1. The van der Waals surface area contributed by atoms with E-state index in [1.807, 2.05) is 6.07 Å². The third-order valence-electron chi connectivity index (χ3n) is 3.54. The van der Waals surface area contributed by atoms with Crippen LogP contribution < -0.4 is 15.2 Å². The molecule has 0 amide bonds. The first-order valence-corrected chi connectivity index (χ1v) is 6.56. The van der Waals surface area contributed by atoms with E-state index >= 15 is 0 Å². The third-order valence-corrected chi connectivity index (χ3v) is 3.82. The quantitative estimate of drug-likeness (QED) is 0.911. The van der Waals surface area contributed by atoms with Gasteiger partial charge in [-0.15, -0.1) is 0 Å². The van der Waals surface area contributed by atoms with E-state index in [1.54, 1.807) is 14.2 Å². The van der Waals surface area contributed by atoms with Crippen LogP contribution in [0.15, 0.2) is 6.07 Å². The van der Waals surface area contributed by atoms with Crippen LogP contribution in [0.3, 0.4) is 0 Å². The maximum Gasteiger partial charge on any atom is 0.179 e. The molecule has 0 aromatic heterocycles. The summed E-state index contributed by atoms with van der Waals surface area (Å²) in [6.07, 6.45) is 2.00. The fourth-order valence-electron chi connectivity index (χ4n) is 2.41. The molecule has 18 heavy (non-hydrogen) atoms. The van der Waals surface area contributed by atoms with Crippen molar-refractivity contribution in [2.45, 2.75) is 38.1 Å². The Morgan fingerprint density at radius 3 is 2.17 bits per heavy atom. The Morgan fingerprint density at radius 2 is 1.78 bits per heavy atom. The average molecular weight is 270 g/mol. The van der Waals surface area contributed by atoms with Crippen molar-refractivity contribution < 1.29 is 9.47 Å². The predicted molar refractivity (Wildman–Crippen MR) is 73.7 cm³/mol. The lowest BCUT2D eigenvalue weighted by Gasteiger charge is -2.23. The van der Waals surface area contributed by atoms with E-state index in [4.69, 9.17) is 26.8 Å². The first-order chi connectivity index (χ1) is 8.44. The van der Waals surface area contributed by atoms with Crippen molar-refractivity contribution in [3.05, 3.63) is 22.2 Å². The standard InChI is InChI=1S/C14H20ClNO2/c1-8(2)11-9(14(16)5-6-14)7-10(15)12(17-3)13(11)18-4/h7-8H,5-6,16H2,1-4H3. The highest BCUT2D eigenvalue weighted by atomic mass is 35.5. The minimum absolute atomic E-state index is 0.233. The molecule has 4 heteroatoms. The van der Waals surface area contributed by atoms with Crippen molar-refractivity contribution >= 4 is 11.6 Å². The Labute approximate surface area is 113 Å². The van der Waals surface area contributed by atoms with Crippen molar-refractivity contribution in [1.82, 2.24) is 0 Å². The SMILES string of the molecule is COc1c(Cl)cc(C2(N)CC2)c(C(C)C)c1OC. The Kier molecular flexibility index (Phi) is 3.47. The van der Waals surface area contributed by atoms with E-state index in [-0.39, 0.29) is 5.54 Å². The molecule has 0 bridgehead atoms. The molecule has 2 N–H and O–H groups in total. The zero-order valence-electron chi connectivity index (χ0n) is 11.3. The van der Waals surface area contributed by atoms with E-state index in [1.165, 1.54) is 0 Å². The largest absolute Gasteiger partial charge is 0.492 e. The molecule has 0 aliphatic heterocycles. The molecule has 100 valence electrons. The molecule has 1 fully saturated rings. The van der Waals surface area contributed by atoms with E-state index in [0.29, 0.717) is 22.4 Å². The van der Waals surface area contributed by atoms with Crippen molar-refractivity contribution in [3.8, 4) is 11.5 Å². The maximum absolute atomic E-state index is 6.34. The minimum Gasteiger partial charge on any atom is -0.492 e. The van der Waals surface area contributed by atoms with Gasteiger partial charge in [-0.25, -0.2) is 0 Å². The van der Waals surface area contributed by atoms with E-state index in [9.17, 15) is 0 Å². The number of hydrogen-bond acceptors (Lipinski definition) is 3. The molecule has 2 rings (SSSR count). The molecule has 0 atom stereocenters. The Balaban J connectivity index is 2.70. The molecule has 0 radical (unpaired) electrons. The molecule has 3 nitrogen and oxygen atoms in total. The summed E-state index contributed by atoms with van der Waals surface area (Å²) in [7, 11) is 3.24. The van der Waals surface area contributed by atoms with Gasteiger partial charge in [-0.3, -0.25) is 0 Å². The van der Waals surface area contributed by atoms with Crippen LogP contribution in [0.25, 0.3) is 0 Å². The van der Waals surface area contributed by atoms with E-state index in [2.05, 4.69) is 13.8 Å². The number of nitrogens with two attached hydrogens (primary N) is 1. The topological polar surface area (TPSA) is 44.5 Å². The number of hydrogen-bond donors (Lipinski definition) is 1. The second-order valence-electron chi connectivity index (χ2n) is 5.20. The molecule has 0 heterocycles. The van der Waals surface area contributed by atoms with Gasteiger partial charge in [0.15, 0.2) is 11.5 Å². The van der Waals surface area contributed by atoms with Crippen molar-refractivity contribution in [2.24, 2.45) is 5.73 Å². The monoisotopic (exact) mass is 269 g/mol. The minimum atomic E-state index is -0.233. The van der Waals surface area contributed by atoms with Crippen LogP contribution in [0, 0.1) is 0 Å². The summed E-state index contributed by atoms with van der Waals surface area (Å²) in [6, 6.07) is 1.94. The molecule has 0 saturated heterocycles. The summed E-state index contributed by atoms with van der Waals surface area (Å²) >= 11 is 6.26.